The minimum Gasteiger partial charge on any atom is -0.368 e. The van der Waals surface area contributed by atoms with Gasteiger partial charge in [-0.1, -0.05) is 80.1 Å². The number of benzene rings is 2. The van der Waals surface area contributed by atoms with Crippen molar-refractivity contribution >= 4 is 29.0 Å². The van der Waals surface area contributed by atoms with E-state index in [0.29, 0.717) is 5.82 Å². The summed E-state index contributed by atoms with van der Waals surface area (Å²) in [4.78, 5) is 9.65. The maximum atomic E-state index is 4.84. The fourth-order valence-corrected chi connectivity index (χ4v) is 3.57. The van der Waals surface area contributed by atoms with Crippen LogP contribution in [-0.4, -0.2) is 26.3 Å². The van der Waals surface area contributed by atoms with Crippen molar-refractivity contribution in [2.24, 2.45) is 7.05 Å². The van der Waals surface area contributed by atoms with Crippen molar-refractivity contribution in [3.05, 3.63) is 83.3 Å². The van der Waals surface area contributed by atoms with Crippen molar-refractivity contribution in [1.82, 2.24) is 19.7 Å². The second kappa shape index (κ2) is 9.35. The summed E-state index contributed by atoms with van der Waals surface area (Å²) < 4.78 is 1.90. The van der Waals surface area contributed by atoms with Crippen molar-refractivity contribution in [3.8, 4) is 0 Å². The van der Waals surface area contributed by atoms with Gasteiger partial charge in [-0.15, -0.1) is 0 Å². The third-order valence-corrected chi connectivity index (χ3v) is 5.03. The number of hydrogen-bond donors (Lipinski definition) is 1. The lowest BCUT2D eigenvalue weighted by atomic mass is 10.1. The molecule has 1 N–H and O–H groups in total. The van der Waals surface area contributed by atoms with Crippen LogP contribution in [0.5, 0.6) is 0 Å². The third kappa shape index (κ3) is 4.57. The fourth-order valence-electron chi connectivity index (χ4n) is 3.57. The summed E-state index contributed by atoms with van der Waals surface area (Å²) in [5.41, 5.74) is 5.35. The Morgan fingerprint density at radius 1 is 0.900 bits per heavy atom. The van der Waals surface area contributed by atoms with Crippen LogP contribution >= 0.6 is 0 Å². The normalized spacial score (nSPS) is 11.4. The first-order valence-electron chi connectivity index (χ1n) is 10.5. The quantitative estimate of drug-likeness (QED) is 0.447. The maximum Gasteiger partial charge on any atom is 0.156 e. The van der Waals surface area contributed by atoms with Crippen LogP contribution < -0.4 is 5.32 Å². The van der Waals surface area contributed by atoms with Crippen LogP contribution in [0.4, 0.5) is 5.82 Å². The zero-order chi connectivity index (χ0) is 20.8. The van der Waals surface area contributed by atoms with E-state index in [1.807, 2.05) is 48.1 Å². The fraction of sp³-hybridized carbons (Fsp3) is 0.240. The maximum absolute atomic E-state index is 4.84. The highest BCUT2D eigenvalue weighted by atomic mass is 15.3. The highest BCUT2D eigenvalue weighted by Gasteiger charge is 2.16. The van der Waals surface area contributed by atoms with Gasteiger partial charge in [-0.3, -0.25) is 4.68 Å². The van der Waals surface area contributed by atoms with Crippen molar-refractivity contribution in [2.45, 2.75) is 26.2 Å². The van der Waals surface area contributed by atoms with Crippen molar-refractivity contribution in [3.63, 3.8) is 0 Å². The van der Waals surface area contributed by atoms with Crippen LogP contribution in [0.25, 0.3) is 23.2 Å². The summed E-state index contributed by atoms with van der Waals surface area (Å²) in [5.74, 6) is 1.53. The molecule has 0 aliphatic rings. The Balaban J connectivity index is 1.66. The Kier molecular flexibility index (Phi) is 6.18. The van der Waals surface area contributed by atoms with E-state index >= 15 is 0 Å². The van der Waals surface area contributed by atoms with Crippen LogP contribution in [0.2, 0.25) is 0 Å². The van der Waals surface area contributed by atoms with Crippen molar-refractivity contribution in [1.29, 1.82) is 0 Å². The molecule has 5 heteroatoms. The number of nitrogens with one attached hydrogen (secondary N) is 1. The molecule has 0 bridgehead atoms. The summed E-state index contributed by atoms with van der Waals surface area (Å²) in [5, 5.41) is 8.24. The molecule has 0 fully saturated rings. The van der Waals surface area contributed by atoms with Gasteiger partial charge in [0.05, 0.1) is 5.69 Å². The van der Waals surface area contributed by atoms with E-state index in [1.54, 1.807) is 0 Å². The Morgan fingerprint density at radius 3 is 2.37 bits per heavy atom. The van der Waals surface area contributed by atoms with Crippen LogP contribution in [-0.2, 0) is 19.9 Å². The van der Waals surface area contributed by atoms with Gasteiger partial charge in [0.25, 0.3) is 0 Å². The lowest BCUT2D eigenvalue weighted by Gasteiger charge is -2.09. The van der Waals surface area contributed by atoms with Gasteiger partial charge in [0.2, 0.25) is 0 Å². The highest BCUT2D eigenvalue weighted by Crippen LogP contribution is 2.24. The van der Waals surface area contributed by atoms with E-state index in [2.05, 4.69) is 48.6 Å². The molecule has 0 aliphatic heterocycles. The summed E-state index contributed by atoms with van der Waals surface area (Å²) in [6.45, 7) is 2.96. The standard InChI is InChI=1S/C25H27N5/c1-3-10-21-23-24(30(2)29-21)25(26-18-17-20-13-8-5-9-14-20)28-22(27-23)16-15-19-11-6-4-7-12-19/h4-9,11-16H,3,10,17-18H2,1-2H3,(H,26,27,28)/b16-15+. The molecule has 0 atom stereocenters. The molecule has 0 unspecified atom stereocenters. The number of fused-ring (bicyclic) bond motifs is 1. The topological polar surface area (TPSA) is 55.6 Å². The van der Waals surface area contributed by atoms with Crippen molar-refractivity contribution in [2.75, 3.05) is 11.9 Å². The molecular formula is C25H27N5. The SMILES string of the molecule is CCCc1nn(C)c2c(NCCc3ccccc3)nc(/C=C/c3ccccc3)nc12. The minimum absolute atomic E-state index is 0.693. The van der Waals surface area contributed by atoms with Gasteiger partial charge >= 0.3 is 0 Å². The van der Waals surface area contributed by atoms with E-state index in [1.165, 1.54) is 5.56 Å². The first-order valence-corrected chi connectivity index (χ1v) is 10.5. The van der Waals surface area contributed by atoms with Gasteiger partial charge in [-0.25, -0.2) is 9.97 Å². The lowest BCUT2D eigenvalue weighted by molar-refractivity contribution is 0.752. The molecule has 5 nitrogen and oxygen atoms in total. The van der Waals surface area contributed by atoms with Gasteiger partial charge in [0.15, 0.2) is 11.6 Å². The molecule has 4 rings (SSSR count). The zero-order valence-corrected chi connectivity index (χ0v) is 17.5. The molecule has 2 aromatic carbocycles. The summed E-state index contributed by atoms with van der Waals surface area (Å²) >= 11 is 0. The number of anilines is 1. The van der Waals surface area contributed by atoms with Gasteiger partial charge in [0, 0.05) is 13.6 Å². The summed E-state index contributed by atoms with van der Waals surface area (Å²) in [6, 6.07) is 20.7. The molecule has 2 heterocycles. The minimum atomic E-state index is 0.693. The third-order valence-electron chi connectivity index (χ3n) is 5.03. The van der Waals surface area contributed by atoms with E-state index in [-0.39, 0.29) is 0 Å². The summed E-state index contributed by atoms with van der Waals surface area (Å²) in [6.07, 6.45) is 6.88. The molecule has 0 spiro atoms. The van der Waals surface area contributed by atoms with E-state index in [4.69, 9.17) is 15.1 Å². The first kappa shape index (κ1) is 19.8. The number of aromatic nitrogens is 4. The second-order valence-electron chi connectivity index (χ2n) is 7.35. The Hall–Kier alpha value is -3.47. The smallest absolute Gasteiger partial charge is 0.156 e. The monoisotopic (exact) mass is 397 g/mol. The Morgan fingerprint density at radius 2 is 1.63 bits per heavy atom. The number of aryl methyl sites for hydroxylation is 2. The van der Waals surface area contributed by atoms with E-state index in [9.17, 15) is 0 Å². The highest BCUT2D eigenvalue weighted by molar-refractivity contribution is 5.89. The van der Waals surface area contributed by atoms with Crippen LogP contribution in [0, 0.1) is 0 Å². The largest absolute Gasteiger partial charge is 0.368 e. The van der Waals surface area contributed by atoms with E-state index in [0.717, 1.165) is 53.9 Å². The predicted molar refractivity (Wildman–Crippen MR) is 124 cm³/mol. The predicted octanol–water partition coefficient (Wildman–Crippen LogP) is 5.14. The van der Waals surface area contributed by atoms with Crippen LogP contribution in [0.15, 0.2) is 60.7 Å². The molecular weight excluding hydrogens is 370 g/mol. The number of nitrogens with zero attached hydrogens (tertiary/aromatic N) is 4. The van der Waals surface area contributed by atoms with E-state index < -0.39 is 0 Å². The Bertz CT molecular complexity index is 1130. The van der Waals surface area contributed by atoms with Gasteiger partial charge in [-0.2, -0.15) is 5.10 Å². The summed E-state index contributed by atoms with van der Waals surface area (Å²) in [7, 11) is 1.96. The average Bonchev–Trinajstić information content (AvgIpc) is 3.09. The number of rotatable bonds is 8. The second-order valence-corrected chi connectivity index (χ2v) is 7.35. The molecule has 0 radical (unpaired) electrons. The molecule has 2 aromatic heterocycles. The first-order chi connectivity index (χ1) is 14.7. The van der Waals surface area contributed by atoms with Crippen LogP contribution in [0.1, 0.15) is 36.0 Å². The molecule has 0 amide bonds. The van der Waals surface area contributed by atoms with Gasteiger partial charge in [0.1, 0.15) is 11.0 Å². The zero-order valence-electron chi connectivity index (χ0n) is 17.5. The molecule has 4 aromatic rings. The van der Waals surface area contributed by atoms with Crippen molar-refractivity contribution < 1.29 is 0 Å². The Labute approximate surface area is 177 Å². The molecule has 0 saturated heterocycles. The lowest BCUT2D eigenvalue weighted by Crippen LogP contribution is -2.09. The molecule has 152 valence electrons. The molecule has 0 saturated carbocycles. The van der Waals surface area contributed by atoms with Crippen LogP contribution in [0.3, 0.4) is 0 Å². The number of hydrogen-bond acceptors (Lipinski definition) is 4. The average molecular weight is 398 g/mol. The molecule has 30 heavy (non-hydrogen) atoms. The van der Waals surface area contributed by atoms with Gasteiger partial charge < -0.3 is 5.32 Å². The van der Waals surface area contributed by atoms with Gasteiger partial charge in [-0.05, 0) is 30.0 Å². The molecule has 0 aliphatic carbocycles.